The number of nitrogens with zero attached hydrogens (tertiary/aromatic N) is 1. The minimum atomic E-state index is -0.0756. The Morgan fingerprint density at radius 1 is 0.974 bits per heavy atom. The molecular weight excluding hydrogens is 472 g/mol. The third kappa shape index (κ3) is 10.7. The maximum atomic E-state index is 12.8. The molecule has 1 aliphatic carbocycles. The van der Waals surface area contributed by atoms with Crippen molar-refractivity contribution in [3.05, 3.63) is 59.2 Å². The first-order valence-electron chi connectivity index (χ1n) is 14.6. The second-order valence-electron chi connectivity index (χ2n) is 10.1. The predicted octanol–water partition coefficient (Wildman–Crippen LogP) is 7.44. The van der Waals surface area contributed by atoms with E-state index in [0.29, 0.717) is 35.0 Å². The second kappa shape index (κ2) is 17.4. The maximum Gasteiger partial charge on any atom is 0.251 e. The molecular formula is C32H48N4O2. The lowest BCUT2D eigenvalue weighted by Crippen LogP contribution is -2.34. The predicted molar refractivity (Wildman–Crippen MR) is 160 cm³/mol. The summed E-state index contributed by atoms with van der Waals surface area (Å²) < 4.78 is 0. The van der Waals surface area contributed by atoms with Gasteiger partial charge in [-0.05, 0) is 61.1 Å². The Morgan fingerprint density at radius 2 is 1.63 bits per heavy atom. The minimum absolute atomic E-state index is 0.0579. The van der Waals surface area contributed by atoms with Gasteiger partial charge in [0.1, 0.15) is 0 Å². The smallest absolute Gasteiger partial charge is 0.251 e. The van der Waals surface area contributed by atoms with Crippen molar-refractivity contribution in [2.75, 3.05) is 12.3 Å². The van der Waals surface area contributed by atoms with Gasteiger partial charge < -0.3 is 16.4 Å². The number of carbonyl (C=O) groups is 2. The molecule has 2 aromatic rings. The van der Waals surface area contributed by atoms with Crippen LogP contribution in [0.5, 0.6) is 0 Å². The molecule has 0 radical (unpaired) electrons. The topological polar surface area (TPSA) is 96.6 Å². The van der Waals surface area contributed by atoms with Gasteiger partial charge in [-0.15, -0.1) is 0 Å². The van der Waals surface area contributed by atoms with E-state index in [1.807, 2.05) is 26.0 Å². The summed E-state index contributed by atoms with van der Waals surface area (Å²) in [6.07, 6.45) is 13.4. The van der Waals surface area contributed by atoms with Crippen LogP contribution >= 0.6 is 0 Å². The standard InChI is InChI=1S/C30H42N4O2.C2H6/c1-3-4-7-10-22(2)20-33-29(35)24-15-13-23(14-16-24)21-32-28-19-25(17-18-27(28)31)30(36)34-26-11-8-5-6-9-12-26;1-2/h13-19,21-22,26H,3-12,20,31H2,1-2H3,(H,33,35)(H,34,36);1-2H3. The van der Waals surface area contributed by atoms with Crippen molar-refractivity contribution in [3.8, 4) is 0 Å². The highest BCUT2D eigenvalue weighted by Crippen LogP contribution is 2.24. The SMILES string of the molecule is CC.CCCCCC(C)CNC(=O)c1ccc(C=Nc2cc(C(=O)NC3CCCCCC3)ccc2N)cc1. The molecule has 0 aromatic heterocycles. The van der Waals surface area contributed by atoms with Gasteiger partial charge in [-0.3, -0.25) is 14.6 Å². The molecule has 0 bridgehead atoms. The highest BCUT2D eigenvalue weighted by atomic mass is 16.2. The molecule has 6 nitrogen and oxygen atoms in total. The quantitative estimate of drug-likeness (QED) is 0.124. The van der Waals surface area contributed by atoms with E-state index in [4.69, 9.17) is 5.73 Å². The van der Waals surface area contributed by atoms with Crippen LogP contribution in [-0.2, 0) is 0 Å². The summed E-state index contributed by atoms with van der Waals surface area (Å²) in [5.74, 6) is 0.341. The van der Waals surface area contributed by atoms with Gasteiger partial charge in [0.25, 0.3) is 11.8 Å². The number of rotatable bonds is 11. The van der Waals surface area contributed by atoms with Crippen LogP contribution in [-0.4, -0.2) is 30.6 Å². The second-order valence-corrected chi connectivity index (χ2v) is 10.1. The molecule has 208 valence electrons. The number of nitrogens with two attached hydrogens (primary N) is 1. The Kier molecular flexibility index (Phi) is 14.2. The monoisotopic (exact) mass is 520 g/mol. The molecule has 0 aliphatic heterocycles. The van der Waals surface area contributed by atoms with Gasteiger partial charge >= 0.3 is 0 Å². The van der Waals surface area contributed by atoms with Crippen molar-refractivity contribution in [2.24, 2.45) is 10.9 Å². The molecule has 2 aromatic carbocycles. The number of amides is 2. The lowest BCUT2D eigenvalue weighted by Gasteiger charge is -2.16. The first-order valence-corrected chi connectivity index (χ1v) is 14.6. The van der Waals surface area contributed by atoms with E-state index < -0.39 is 0 Å². The summed E-state index contributed by atoms with van der Waals surface area (Å²) in [5, 5.41) is 6.21. The zero-order chi connectivity index (χ0) is 27.8. The molecule has 1 unspecified atom stereocenters. The number of carbonyl (C=O) groups excluding carboxylic acids is 2. The van der Waals surface area contributed by atoms with Gasteiger partial charge in [-0.1, -0.05) is 84.8 Å². The fourth-order valence-corrected chi connectivity index (χ4v) is 4.57. The van der Waals surface area contributed by atoms with Crippen LogP contribution in [0, 0.1) is 5.92 Å². The molecule has 1 atom stereocenters. The van der Waals surface area contributed by atoms with Gasteiger partial charge in [0.2, 0.25) is 0 Å². The lowest BCUT2D eigenvalue weighted by atomic mass is 10.0. The summed E-state index contributed by atoms with van der Waals surface area (Å²) in [7, 11) is 0. The van der Waals surface area contributed by atoms with E-state index in [0.717, 1.165) is 24.8 Å². The maximum absolute atomic E-state index is 12.8. The van der Waals surface area contributed by atoms with Crippen molar-refractivity contribution >= 4 is 29.4 Å². The number of nitrogen functional groups attached to an aromatic ring is 1. The molecule has 0 saturated heterocycles. The Labute approximate surface area is 229 Å². The molecule has 0 heterocycles. The van der Waals surface area contributed by atoms with Gasteiger partial charge in [-0.2, -0.15) is 0 Å². The molecule has 2 amide bonds. The summed E-state index contributed by atoms with van der Waals surface area (Å²) in [5.41, 5.74) is 9.24. The Morgan fingerprint density at radius 3 is 2.29 bits per heavy atom. The van der Waals surface area contributed by atoms with Crippen molar-refractivity contribution in [1.82, 2.24) is 10.6 Å². The number of aliphatic imine (C=N–C) groups is 1. The van der Waals surface area contributed by atoms with E-state index in [1.165, 1.54) is 44.9 Å². The van der Waals surface area contributed by atoms with Gasteiger partial charge in [-0.25, -0.2) is 0 Å². The Hall–Kier alpha value is -3.15. The van der Waals surface area contributed by atoms with Crippen molar-refractivity contribution in [2.45, 2.75) is 97.9 Å². The van der Waals surface area contributed by atoms with Crippen molar-refractivity contribution in [3.63, 3.8) is 0 Å². The van der Waals surface area contributed by atoms with E-state index >= 15 is 0 Å². The molecule has 1 saturated carbocycles. The Balaban J connectivity index is 0.00000247. The van der Waals surface area contributed by atoms with Gasteiger partial charge in [0.15, 0.2) is 0 Å². The largest absolute Gasteiger partial charge is 0.397 e. The van der Waals surface area contributed by atoms with Crippen LogP contribution < -0.4 is 16.4 Å². The number of hydrogen-bond donors (Lipinski definition) is 3. The van der Waals surface area contributed by atoms with E-state index in [9.17, 15) is 9.59 Å². The van der Waals surface area contributed by atoms with E-state index in [1.54, 1.807) is 36.5 Å². The first kappa shape index (κ1) is 31.1. The summed E-state index contributed by atoms with van der Waals surface area (Å²) in [6, 6.07) is 12.8. The van der Waals surface area contributed by atoms with E-state index in [-0.39, 0.29) is 17.9 Å². The fraction of sp³-hybridized carbons (Fsp3) is 0.531. The van der Waals surface area contributed by atoms with Crippen LogP contribution in [0.3, 0.4) is 0 Å². The zero-order valence-electron chi connectivity index (χ0n) is 23.9. The van der Waals surface area contributed by atoms with Gasteiger partial charge in [0, 0.05) is 29.9 Å². The number of nitrogens with one attached hydrogen (secondary N) is 2. The highest BCUT2D eigenvalue weighted by molar-refractivity contribution is 5.97. The van der Waals surface area contributed by atoms with Crippen LogP contribution in [0.15, 0.2) is 47.5 Å². The van der Waals surface area contributed by atoms with Crippen molar-refractivity contribution in [1.29, 1.82) is 0 Å². The van der Waals surface area contributed by atoms with E-state index in [2.05, 4.69) is 29.5 Å². The summed E-state index contributed by atoms with van der Waals surface area (Å²) in [6.45, 7) is 9.07. The average Bonchev–Trinajstić information content (AvgIpc) is 3.21. The first-order chi connectivity index (χ1) is 18.5. The summed E-state index contributed by atoms with van der Waals surface area (Å²) in [4.78, 5) is 29.8. The minimum Gasteiger partial charge on any atom is -0.397 e. The average molecular weight is 521 g/mol. The van der Waals surface area contributed by atoms with Crippen LogP contribution in [0.1, 0.15) is 118 Å². The number of benzene rings is 2. The molecule has 38 heavy (non-hydrogen) atoms. The molecule has 1 fully saturated rings. The molecule has 1 aliphatic rings. The van der Waals surface area contributed by atoms with Crippen LogP contribution in [0.4, 0.5) is 11.4 Å². The van der Waals surface area contributed by atoms with Gasteiger partial charge in [0.05, 0.1) is 11.4 Å². The highest BCUT2D eigenvalue weighted by Gasteiger charge is 2.16. The third-order valence-corrected chi connectivity index (χ3v) is 6.92. The number of hydrogen-bond acceptors (Lipinski definition) is 4. The zero-order valence-corrected chi connectivity index (χ0v) is 23.9. The fourth-order valence-electron chi connectivity index (χ4n) is 4.57. The summed E-state index contributed by atoms with van der Waals surface area (Å²) >= 11 is 0. The molecule has 4 N–H and O–H groups in total. The van der Waals surface area contributed by atoms with Crippen LogP contribution in [0.25, 0.3) is 0 Å². The number of anilines is 1. The third-order valence-electron chi connectivity index (χ3n) is 6.92. The normalized spacial score (nSPS) is 14.7. The Bertz CT molecular complexity index is 1010. The lowest BCUT2D eigenvalue weighted by molar-refractivity contribution is 0.0929. The molecule has 3 rings (SSSR count). The van der Waals surface area contributed by atoms with Crippen molar-refractivity contribution < 1.29 is 9.59 Å². The van der Waals surface area contributed by atoms with Crippen LogP contribution in [0.2, 0.25) is 0 Å². The molecule has 0 spiro atoms. The number of unbranched alkanes of at least 4 members (excludes halogenated alkanes) is 2. The molecule has 6 heteroatoms.